The van der Waals surface area contributed by atoms with Gasteiger partial charge in [-0.1, -0.05) is 49.8 Å². The Morgan fingerprint density at radius 1 is 1.07 bits per heavy atom. The van der Waals surface area contributed by atoms with Gasteiger partial charge in [-0.25, -0.2) is 0 Å². The fourth-order valence-electron chi connectivity index (χ4n) is 4.58. The van der Waals surface area contributed by atoms with Gasteiger partial charge in [-0.15, -0.1) is 0 Å². The number of hydrogen-bond acceptors (Lipinski definition) is 9. The Bertz CT molecular complexity index is 1140. The topological polar surface area (TPSA) is 139 Å². The molecule has 1 saturated heterocycles. The van der Waals surface area contributed by atoms with Crippen molar-refractivity contribution >= 4 is 6.08 Å². The van der Waals surface area contributed by atoms with Gasteiger partial charge in [-0.05, 0) is 58.6 Å². The summed E-state index contributed by atoms with van der Waals surface area (Å²) in [5, 5.41) is 40.1. The van der Waals surface area contributed by atoms with Gasteiger partial charge in [0.25, 0.3) is 5.95 Å². The molecule has 1 aromatic heterocycles. The van der Waals surface area contributed by atoms with E-state index in [-0.39, 0.29) is 23.2 Å². The van der Waals surface area contributed by atoms with Crippen LogP contribution in [-0.4, -0.2) is 71.0 Å². The zero-order valence-corrected chi connectivity index (χ0v) is 24.8. The van der Waals surface area contributed by atoms with Crippen LogP contribution >= 0.6 is 0 Å². The highest BCUT2D eigenvalue weighted by molar-refractivity contribution is 5.49. The van der Waals surface area contributed by atoms with E-state index < -0.39 is 43.4 Å². The van der Waals surface area contributed by atoms with Crippen LogP contribution in [0, 0.1) is 25.7 Å². The number of allylic oxidation sites excluding steroid dienone is 5. The summed E-state index contributed by atoms with van der Waals surface area (Å²) >= 11 is 0. The van der Waals surface area contributed by atoms with Gasteiger partial charge >= 0.3 is 0 Å². The molecule has 0 aromatic carbocycles. The van der Waals surface area contributed by atoms with Crippen molar-refractivity contribution in [2.45, 2.75) is 91.7 Å². The van der Waals surface area contributed by atoms with E-state index in [4.69, 9.17) is 18.6 Å². The summed E-state index contributed by atoms with van der Waals surface area (Å²) < 4.78 is 22.5. The van der Waals surface area contributed by atoms with E-state index in [1.807, 2.05) is 52.0 Å². The normalized spacial score (nSPS) is 26.9. The maximum Gasteiger partial charge on any atom is 0.291 e. The van der Waals surface area contributed by atoms with Crippen LogP contribution in [0.1, 0.15) is 57.9 Å². The molecule has 2 heterocycles. The molecule has 0 bridgehead atoms. The Balaban J connectivity index is 2.07. The van der Waals surface area contributed by atoms with Crippen molar-refractivity contribution in [1.29, 1.82) is 0 Å². The minimum Gasteiger partial charge on any atom is -0.468 e. The third-order valence-corrected chi connectivity index (χ3v) is 7.25. The Kier molecular flexibility index (Phi) is 13.0. The molecule has 0 aliphatic carbocycles. The zero-order valence-electron chi connectivity index (χ0n) is 24.8. The Hall–Kier alpha value is -2.53. The Labute approximate surface area is 237 Å². The van der Waals surface area contributed by atoms with Crippen molar-refractivity contribution in [3.8, 4) is 5.95 Å². The molecule has 3 unspecified atom stereocenters. The quantitative estimate of drug-likeness (QED) is 0.222. The van der Waals surface area contributed by atoms with Crippen molar-refractivity contribution in [2.24, 2.45) is 11.8 Å². The van der Waals surface area contributed by atoms with E-state index >= 15 is 0 Å². The molecular formula is C31H46O9. The van der Waals surface area contributed by atoms with Gasteiger partial charge in [-0.3, -0.25) is 4.79 Å². The molecule has 40 heavy (non-hydrogen) atoms. The van der Waals surface area contributed by atoms with Gasteiger partial charge in [0.2, 0.25) is 0 Å². The molecule has 0 spiro atoms. The molecule has 1 aliphatic rings. The third-order valence-electron chi connectivity index (χ3n) is 7.25. The SMILES string of the molecule is C/C=C(\C)C(O[C@H]1O[C@@H](CO)[C@H](O)[C@@H](O)[C@@H]1O)C(C)/C=C(C)/C=C/CC(C)/C=C/c1oc(OC)c(C)c(=O)c1C. The van der Waals surface area contributed by atoms with Crippen molar-refractivity contribution in [3.63, 3.8) is 0 Å². The monoisotopic (exact) mass is 562 g/mol. The van der Waals surface area contributed by atoms with Gasteiger partial charge < -0.3 is 39.1 Å². The van der Waals surface area contributed by atoms with E-state index in [1.54, 1.807) is 13.8 Å². The van der Waals surface area contributed by atoms with Crippen LogP contribution in [-0.2, 0) is 9.47 Å². The highest BCUT2D eigenvalue weighted by Gasteiger charge is 2.45. The van der Waals surface area contributed by atoms with Gasteiger partial charge in [0.05, 0.1) is 25.4 Å². The largest absolute Gasteiger partial charge is 0.468 e. The first kappa shape index (κ1) is 33.7. The van der Waals surface area contributed by atoms with Crippen molar-refractivity contribution in [2.75, 3.05) is 13.7 Å². The molecule has 2 rings (SSSR count). The second-order valence-corrected chi connectivity index (χ2v) is 10.6. The first-order chi connectivity index (χ1) is 18.9. The number of ether oxygens (including phenoxy) is 3. The van der Waals surface area contributed by atoms with Crippen LogP contribution in [0.4, 0.5) is 0 Å². The average molecular weight is 563 g/mol. The smallest absolute Gasteiger partial charge is 0.291 e. The molecule has 9 nitrogen and oxygen atoms in total. The van der Waals surface area contributed by atoms with Crippen LogP contribution in [0.5, 0.6) is 5.95 Å². The summed E-state index contributed by atoms with van der Waals surface area (Å²) in [5.41, 5.74) is 2.83. The van der Waals surface area contributed by atoms with Crippen LogP contribution in [0.25, 0.3) is 6.08 Å². The predicted molar refractivity (Wildman–Crippen MR) is 154 cm³/mol. The lowest BCUT2D eigenvalue weighted by atomic mass is 9.94. The summed E-state index contributed by atoms with van der Waals surface area (Å²) in [7, 11) is 1.47. The molecule has 1 aromatic rings. The average Bonchev–Trinajstić information content (AvgIpc) is 2.93. The van der Waals surface area contributed by atoms with Crippen LogP contribution in [0.2, 0.25) is 0 Å². The summed E-state index contributed by atoms with van der Waals surface area (Å²) in [6.07, 6.45) is 5.50. The second kappa shape index (κ2) is 15.5. The highest BCUT2D eigenvalue weighted by Crippen LogP contribution is 2.28. The highest BCUT2D eigenvalue weighted by atomic mass is 16.7. The van der Waals surface area contributed by atoms with Gasteiger partial charge in [-0.2, -0.15) is 0 Å². The summed E-state index contributed by atoms with van der Waals surface area (Å²) in [6.45, 7) is 12.7. The standard InChI is InChI=1S/C31H46O9/c1-9-19(4)29(40-31-28(36)27(35)26(34)24(16-32)39-31)20(5)15-18(3)12-10-11-17(2)13-14-23-21(6)25(33)22(7)30(37-8)38-23/h9-10,12-15,17,20,24,26-29,31-32,34-36H,11,16H2,1-8H3/b12-10+,14-13+,18-15+,19-9+/t17?,20?,24-,26-,27+,28-,29?,31+/m0/s1. The number of methoxy groups -OCH3 is 1. The van der Waals surface area contributed by atoms with Gasteiger partial charge in [0.1, 0.15) is 30.2 Å². The van der Waals surface area contributed by atoms with Crippen molar-refractivity contribution < 1.29 is 39.1 Å². The van der Waals surface area contributed by atoms with Gasteiger partial charge in [0.15, 0.2) is 11.7 Å². The number of rotatable bonds is 12. The fraction of sp³-hybridized carbons (Fsp3) is 0.581. The summed E-state index contributed by atoms with van der Waals surface area (Å²) in [5.74, 6) is 0.775. The third kappa shape index (κ3) is 8.49. The maximum atomic E-state index is 12.4. The Morgan fingerprint density at radius 3 is 2.35 bits per heavy atom. The van der Waals surface area contributed by atoms with Crippen LogP contribution in [0.15, 0.2) is 50.7 Å². The number of aliphatic hydroxyl groups is 4. The van der Waals surface area contributed by atoms with Crippen molar-refractivity contribution in [3.05, 3.63) is 68.6 Å². The lowest BCUT2D eigenvalue weighted by Crippen LogP contribution is -2.60. The minimum absolute atomic E-state index is 0.0906. The summed E-state index contributed by atoms with van der Waals surface area (Å²) in [6, 6.07) is 0. The molecule has 0 saturated carbocycles. The molecule has 9 heteroatoms. The molecule has 8 atom stereocenters. The van der Waals surface area contributed by atoms with Crippen LogP contribution < -0.4 is 10.2 Å². The van der Waals surface area contributed by atoms with E-state index in [1.165, 1.54) is 7.11 Å². The first-order valence-electron chi connectivity index (χ1n) is 13.7. The molecular weight excluding hydrogens is 516 g/mol. The van der Waals surface area contributed by atoms with Gasteiger partial charge in [0, 0.05) is 11.5 Å². The number of aliphatic hydroxyl groups excluding tert-OH is 4. The van der Waals surface area contributed by atoms with E-state index in [0.717, 1.165) is 17.6 Å². The van der Waals surface area contributed by atoms with E-state index in [0.29, 0.717) is 16.9 Å². The number of hydrogen-bond donors (Lipinski definition) is 4. The Morgan fingerprint density at radius 2 is 1.75 bits per heavy atom. The summed E-state index contributed by atoms with van der Waals surface area (Å²) in [4.78, 5) is 12.4. The predicted octanol–water partition coefficient (Wildman–Crippen LogP) is 3.59. The molecule has 224 valence electrons. The lowest BCUT2D eigenvalue weighted by molar-refractivity contribution is -0.310. The fourth-order valence-corrected chi connectivity index (χ4v) is 4.58. The first-order valence-corrected chi connectivity index (χ1v) is 13.7. The van der Waals surface area contributed by atoms with Crippen LogP contribution in [0.3, 0.4) is 0 Å². The molecule has 1 aliphatic heterocycles. The van der Waals surface area contributed by atoms with E-state index in [2.05, 4.69) is 19.1 Å². The van der Waals surface area contributed by atoms with Crippen molar-refractivity contribution in [1.82, 2.24) is 0 Å². The molecule has 1 fully saturated rings. The minimum atomic E-state index is -1.50. The molecule has 0 amide bonds. The lowest BCUT2D eigenvalue weighted by Gasteiger charge is -2.41. The van der Waals surface area contributed by atoms with E-state index in [9.17, 15) is 25.2 Å². The molecule has 4 N–H and O–H groups in total. The maximum absolute atomic E-state index is 12.4. The molecule has 0 radical (unpaired) electrons. The second-order valence-electron chi connectivity index (χ2n) is 10.6. The zero-order chi connectivity index (χ0) is 30.1.